The second-order valence-electron chi connectivity index (χ2n) is 15.1. The second kappa shape index (κ2) is 15.4. The molecule has 9 rings (SSSR count). The SMILES string of the molecule is C=C/C(C)=C(\C=C/C)C(CC)c1cccc(-c2c3ccccc3c(-c3ccc(-c4cccc5ccccc45)cc3)c3ccc(-c4cccc5ccccc45)cc23)c1. The van der Waals surface area contributed by atoms with Crippen molar-refractivity contribution in [2.75, 3.05) is 0 Å². The maximum Gasteiger partial charge on any atom is 0.00894 e. The second-order valence-corrected chi connectivity index (χ2v) is 15.1. The van der Waals surface area contributed by atoms with Crippen LogP contribution in [-0.2, 0) is 0 Å². The Kier molecular flexibility index (Phi) is 9.71. The van der Waals surface area contributed by atoms with Crippen LogP contribution in [0.15, 0.2) is 212 Å². The first-order valence-corrected chi connectivity index (χ1v) is 20.2. The van der Waals surface area contributed by atoms with Gasteiger partial charge in [-0.25, -0.2) is 0 Å². The molecule has 0 bridgehead atoms. The molecule has 0 N–H and O–H groups in total. The van der Waals surface area contributed by atoms with Gasteiger partial charge in [0.2, 0.25) is 0 Å². The summed E-state index contributed by atoms with van der Waals surface area (Å²) in [7, 11) is 0. The summed E-state index contributed by atoms with van der Waals surface area (Å²) in [4.78, 5) is 0. The molecule has 1 unspecified atom stereocenters. The third kappa shape index (κ3) is 6.48. The standard InChI is InChI=1S/C57H46/c1-5-17-47(38(4)6-2)46(7-3)43-22-14-23-45(36-43)57-53-27-13-12-26-52(53)56(42-32-30-41(31-33-42)50-28-15-20-39-18-8-10-24-48(39)50)54-35-34-44(37-55(54)57)51-29-16-21-40-19-9-11-25-49(40)51/h5-6,8-37,46H,2,7H2,1,3-4H3/b17-5-,47-38+. The van der Waals surface area contributed by atoms with Crippen molar-refractivity contribution in [3.63, 3.8) is 0 Å². The molecule has 1 atom stereocenters. The average molecular weight is 731 g/mol. The number of hydrogen-bond acceptors (Lipinski definition) is 0. The van der Waals surface area contributed by atoms with Crippen LogP contribution in [-0.4, -0.2) is 0 Å². The molecule has 0 aromatic heterocycles. The van der Waals surface area contributed by atoms with Crippen molar-refractivity contribution >= 4 is 43.1 Å². The molecule has 0 fully saturated rings. The Balaban J connectivity index is 1.30. The van der Waals surface area contributed by atoms with E-state index in [2.05, 4.69) is 215 Å². The maximum absolute atomic E-state index is 4.13. The van der Waals surface area contributed by atoms with Gasteiger partial charge in [0.1, 0.15) is 0 Å². The fourth-order valence-corrected chi connectivity index (χ4v) is 9.10. The summed E-state index contributed by atoms with van der Waals surface area (Å²) < 4.78 is 0. The van der Waals surface area contributed by atoms with Crippen molar-refractivity contribution in [3.8, 4) is 44.5 Å². The van der Waals surface area contributed by atoms with Crippen LogP contribution in [0.4, 0.5) is 0 Å². The van der Waals surface area contributed by atoms with Crippen molar-refractivity contribution < 1.29 is 0 Å². The zero-order valence-corrected chi connectivity index (χ0v) is 33.0. The van der Waals surface area contributed by atoms with Crippen molar-refractivity contribution in [1.82, 2.24) is 0 Å². The monoisotopic (exact) mass is 730 g/mol. The average Bonchev–Trinajstić information content (AvgIpc) is 3.27. The first-order valence-electron chi connectivity index (χ1n) is 20.2. The van der Waals surface area contributed by atoms with Gasteiger partial charge >= 0.3 is 0 Å². The molecule has 0 spiro atoms. The van der Waals surface area contributed by atoms with Gasteiger partial charge in [0.25, 0.3) is 0 Å². The van der Waals surface area contributed by atoms with Gasteiger partial charge in [0.15, 0.2) is 0 Å². The molecule has 0 saturated heterocycles. The Bertz CT molecular complexity index is 3010. The van der Waals surface area contributed by atoms with Gasteiger partial charge in [0, 0.05) is 5.92 Å². The Morgan fingerprint density at radius 1 is 0.491 bits per heavy atom. The molecule has 9 aromatic carbocycles. The van der Waals surface area contributed by atoms with E-state index in [-0.39, 0.29) is 5.92 Å². The van der Waals surface area contributed by atoms with E-state index < -0.39 is 0 Å². The summed E-state index contributed by atoms with van der Waals surface area (Å²) in [5.41, 5.74) is 13.8. The fourth-order valence-electron chi connectivity index (χ4n) is 9.10. The third-order valence-corrected chi connectivity index (χ3v) is 11.9. The van der Waals surface area contributed by atoms with Crippen molar-refractivity contribution in [2.45, 2.75) is 33.1 Å². The van der Waals surface area contributed by atoms with Crippen LogP contribution in [0.1, 0.15) is 38.7 Å². The minimum Gasteiger partial charge on any atom is -0.0988 e. The van der Waals surface area contributed by atoms with Gasteiger partial charge in [-0.1, -0.05) is 202 Å². The van der Waals surface area contributed by atoms with E-state index in [4.69, 9.17) is 0 Å². The van der Waals surface area contributed by atoms with Crippen LogP contribution in [0.5, 0.6) is 0 Å². The molecule has 0 heteroatoms. The molecule has 9 aromatic rings. The minimum absolute atomic E-state index is 0.252. The van der Waals surface area contributed by atoms with Gasteiger partial charge in [-0.15, -0.1) is 0 Å². The quantitative estimate of drug-likeness (QED) is 0.102. The van der Waals surface area contributed by atoms with E-state index in [1.54, 1.807) is 0 Å². The van der Waals surface area contributed by atoms with Gasteiger partial charge in [-0.2, -0.15) is 0 Å². The van der Waals surface area contributed by atoms with E-state index in [0.717, 1.165) is 6.42 Å². The van der Waals surface area contributed by atoms with Crippen LogP contribution in [0.3, 0.4) is 0 Å². The van der Waals surface area contributed by atoms with E-state index in [1.807, 2.05) is 6.08 Å². The zero-order chi connectivity index (χ0) is 38.9. The molecular weight excluding hydrogens is 685 g/mol. The molecule has 0 amide bonds. The van der Waals surface area contributed by atoms with Gasteiger partial charge in [-0.3, -0.25) is 0 Å². The lowest BCUT2D eigenvalue weighted by molar-refractivity contribution is 0.770. The number of rotatable bonds is 9. The predicted octanol–water partition coefficient (Wildman–Crippen LogP) is 16.5. The summed E-state index contributed by atoms with van der Waals surface area (Å²) in [6.07, 6.45) is 7.40. The number of allylic oxidation sites excluding steroid dienone is 5. The number of benzene rings is 9. The topological polar surface area (TPSA) is 0 Å². The summed E-state index contributed by atoms with van der Waals surface area (Å²) in [6, 6.07) is 65.3. The number of hydrogen-bond donors (Lipinski definition) is 0. The smallest absolute Gasteiger partial charge is 0.00894 e. The lowest BCUT2D eigenvalue weighted by atomic mass is 9.82. The molecule has 0 saturated carbocycles. The van der Waals surface area contributed by atoms with Crippen LogP contribution >= 0.6 is 0 Å². The highest BCUT2D eigenvalue weighted by Crippen LogP contribution is 2.46. The Hall–Kier alpha value is -6.76. The van der Waals surface area contributed by atoms with Crippen molar-refractivity contribution in [3.05, 3.63) is 217 Å². The third-order valence-electron chi connectivity index (χ3n) is 11.9. The highest BCUT2D eigenvalue weighted by Gasteiger charge is 2.21. The first-order chi connectivity index (χ1) is 28.1. The minimum atomic E-state index is 0.252. The molecule has 0 heterocycles. The van der Waals surface area contributed by atoms with E-state index in [9.17, 15) is 0 Å². The molecule has 0 aliphatic rings. The summed E-state index contributed by atoms with van der Waals surface area (Å²) in [5.74, 6) is 0.252. The van der Waals surface area contributed by atoms with Crippen LogP contribution in [0, 0.1) is 0 Å². The maximum atomic E-state index is 4.13. The molecule has 0 aliphatic heterocycles. The van der Waals surface area contributed by atoms with E-state index >= 15 is 0 Å². The van der Waals surface area contributed by atoms with E-state index in [0.29, 0.717) is 0 Å². The summed E-state index contributed by atoms with van der Waals surface area (Å²) in [6.45, 7) is 10.7. The fraction of sp³-hybridized carbons (Fsp3) is 0.0877. The van der Waals surface area contributed by atoms with Gasteiger partial charge in [-0.05, 0) is 131 Å². The molecular formula is C57H46. The summed E-state index contributed by atoms with van der Waals surface area (Å²) >= 11 is 0. The zero-order valence-electron chi connectivity index (χ0n) is 33.0. The molecule has 0 radical (unpaired) electrons. The highest BCUT2D eigenvalue weighted by molar-refractivity contribution is 6.22. The lowest BCUT2D eigenvalue weighted by Gasteiger charge is -2.22. The van der Waals surface area contributed by atoms with Gasteiger partial charge < -0.3 is 0 Å². The largest absolute Gasteiger partial charge is 0.0988 e. The Morgan fingerprint density at radius 2 is 1.00 bits per heavy atom. The van der Waals surface area contributed by atoms with Crippen molar-refractivity contribution in [1.29, 1.82) is 0 Å². The first kappa shape index (κ1) is 35.9. The Morgan fingerprint density at radius 3 is 1.61 bits per heavy atom. The number of fused-ring (bicyclic) bond motifs is 4. The lowest BCUT2D eigenvalue weighted by Crippen LogP contribution is -2.02. The van der Waals surface area contributed by atoms with E-state index in [1.165, 1.54) is 104 Å². The molecule has 274 valence electrons. The normalized spacial score (nSPS) is 12.8. The molecule has 57 heavy (non-hydrogen) atoms. The summed E-state index contributed by atoms with van der Waals surface area (Å²) in [5, 5.41) is 10.1. The van der Waals surface area contributed by atoms with Crippen LogP contribution in [0.2, 0.25) is 0 Å². The highest BCUT2D eigenvalue weighted by atomic mass is 14.2. The van der Waals surface area contributed by atoms with Crippen LogP contribution < -0.4 is 0 Å². The molecule has 0 aliphatic carbocycles. The van der Waals surface area contributed by atoms with Crippen LogP contribution in [0.25, 0.3) is 87.6 Å². The molecule has 0 nitrogen and oxygen atoms in total. The predicted molar refractivity (Wildman–Crippen MR) is 249 cm³/mol. The Labute approximate surface area is 336 Å². The van der Waals surface area contributed by atoms with Crippen molar-refractivity contribution in [2.24, 2.45) is 0 Å². The van der Waals surface area contributed by atoms with Gasteiger partial charge in [0.05, 0.1) is 0 Å².